The molecule has 1 aromatic rings. The summed E-state index contributed by atoms with van der Waals surface area (Å²) in [5.74, 6) is -1.32. The highest BCUT2D eigenvalue weighted by atomic mass is 19.1. The van der Waals surface area contributed by atoms with Crippen LogP contribution in [-0.2, 0) is 11.2 Å². The molecular weight excluding hydrogens is 224 g/mol. The highest BCUT2D eigenvalue weighted by molar-refractivity contribution is 5.80. The molecule has 0 heterocycles. The fraction of sp³-hybridized carbons (Fsp3) is 0.462. The lowest BCUT2D eigenvalue weighted by Gasteiger charge is -2.04. The maximum atomic E-state index is 12.9. The van der Waals surface area contributed by atoms with Crippen LogP contribution >= 0.6 is 0 Å². The molecule has 0 aliphatic carbocycles. The number of halogens is 2. The van der Waals surface area contributed by atoms with Crippen LogP contribution in [0.15, 0.2) is 18.2 Å². The number of hydrogen-bond acceptors (Lipinski definition) is 2. The molecule has 0 saturated heterocycles. The Morgan fingerprint density at radius 1 is 1.29 bits per heavy atom. The number of ketones is 1. The molecule has 0 spiro atoms. The summed E-state index contributed by atoms with van der Waals surface area (Å²) >= 11 is 0. The van der Waals surface area contributed by atoms with Crippen LogP contribution in [-0.4, -0.2) is 11.8 Å². The van der Waals surface area contributed by atoms with E-state index in [1.807, 2.05) is 6.92 Å². The smallest absolute Gasteiger partial charge is 0.137 e. The van der Waals surface area contributed by atoms with Crippen molar-refractivity contribution in [2.45, 2.75) is 38.6 Å². The maximum absolute atomic E-state index is 12.9. The second-order valence-electron chi connectivity index (χ2n) is 4.36. The van der Waals surface area contributed by atoms with Crippen molar-refractivity contribution in [2.75, 3.05) is 0 Å². The molecule has 2 N–H and O–H groups in total. The largest absolute Gasteiger partial charge is 0.328 e. The van der Waals surface area contributed by atoms with Crippen LogP contribution in [0.5, 0.6) is 0 Å². The summed E-state index contributed by atoms with van der Waals surface area (Å²) in [4.78, 5) is 11.5. The van der Waals surface area contributed by atoms with Gasteiger partial charge in [0.2, 0.25) is 0 Å². The molecule has 1 aromatic carbocycles. The Labute approximate surface area is 99.8 Å². The average Bonchev–Trinajstić information content (AvgIpc) is 2.14. The lowest BCUT2D eigenvalue weighted by molar-refractivity contribution is -0.118. The van der Waals surface area contributed by atoms with Crippen molar-refractivity contribution in [3.63, 3.8) is 0 Å². The summed E-state index contributed by atoms with van der Waals surface area (Å²) < 4.78 is 25.7. The van der Waals surface area contributed by atoms with E-state index in [9.17, 15) is 13.6 Å². The van der Waals surface area contributed by atoms with Gasteiger partial charge in [-0.25, -0.2) is 8.78 Å². The first-order valence-electron chi connectivity index (χ1n) is 5.69. The van der Waals surface area contributed by atoms with E-state index in [1.54, 1.807) is 0 Å². The van der Waals surface area contributed by atoms with Gasteiger partial charge in [-0.1, -0.05) is 0 Å². The number of carbonyl (C=O) groups is 1. The third-order valence-electron chi connectivity index (χ3n) is 2.44. The summed E-state index contributed by atoms with van der Waals surface area (Å²) in [5, 5.41) is 0. The fourth-order valence-corrected chi connectivity index (χ4v) is 1.65. The first kappa shape index (κ1) is 13.8. The molecule has 1 unspecified atom stereocenters. The molecule has 0 aliphatic rings. The lowest BCUT2D eigenvalue weighted by Crippen LogP contribution is -2.15. The van der Waals surface area contributed by atoms with E-state index in [2.05, 4.69) is 0 Å². The van der Waals surface area contributed by atoms with Gasteiger partial charge in [-0.15, -0.1) is 0 Å². The van der Waals surface area contributed by atoms with Gasteiger partial charge in [0.25, 0.3) is 0 Å². The Morgan fingerprint density at radius 2 is 1.88 bits per heavy atom. The van der Waals surface area contributed by atoms with Crippen molar-refractivity contribution in [1.82, 2.24) is 0 Å². The van der Waals surface area contributed by atoms with Gasteiger partial charge in [-0.3, -0.25) is 4.79 Å². The fourth-order valence-electron chi connectivity index (χ4n) is 1.65. The first-order chi connectivity index (χ1) is 7.97. The zero-order chi connectivity index (χ0) is 12.8. The summed E-state index contributed by atoms with van der Waals surface area (Å²) in [7, 11) is 0. The molecule has 0 fully saturated rings. The normalized spacial score (nSPS) is 12.5. The third-order valence-corrected chi connectivity index (χ3v) is 2.44. The minimum absolute atomic E-state index is 0.0179. The third kappa shape index (κ3) is 5.54. The molecule has 0 aromatic heterocycles. The van der Waals surface area contributed by atoms with Crippen LogP contribution in [0.4, 0.5) is 8.78 Å². The predicted octanol–water partition coefficient (Wildman–Crippen LogP) is 2.59. The van der Waals surface area contributed by atoms with Crippen molar-refractivity contribution in [3.8, 4) is 0 Å². The molecular formula is C13H17F2NO. The van der Waals surface area contributed by atoms with Gasteiger partial charge in [-0.2, -0.15) is 0 Å². The SMILES string of the molecule is CC(N)CCCC(=O)Cc1cc(F)cc(F)c1. The quantitative estimate of drug-likeness (QED) is 0.831. The van der Waals surface area contributed by atoms with Crippen molar-refractivity contribution in [3.05, 3.63) is 35.4 Å². The zero-order valence-corrected chi connectivity index (χ0v) is 9.88. The maximum Gasteiger partial charge on any atom is 0.137 e. The molecule has 1 atom stereocenters. The Kier molecular flexibility index (Phi) is 5.22. The molecule has 0 saturated carbocycles. The highest BCUT2D eigenvalue weighted by Gasteiger charge is 2.07. The molecule has 94 valence electrons. The predicted molar refractivity (Wildman–Crippen MR) is 62.6 cm³/mol. The Hall–Kier alpha value is -1.29. The van der Waals surface area contributed by atoms with Crippen molar-refractivity contribution < 1.29 is 13.6 Å². The van der Waals surface area contributed by atoms with Crippen LogP contribution in [0.3, 0.4) is 0 Å². The molecule has 4 heteroatoms. The first-order valence-corrected chi connectivity index (χ1v) is 5.69. The lowest BCUT2D eigenvalue weighted by atomic mass is 10.0. The van der Waals surface area contributed by atoms with E-state index in [0.29, 0.717) is 18.4 Å². The minimum Gasteiger partial charge on any atom is -0.328 e. The van der Waals surface area contributed by atoms with Gasteiger partial charge in [0.1, 0.15) is 17.4 Å². The number of nitrogens with two attached hydrogens (primary N) is 1. The van der Waals surface area contributed by atoms with E-state index in [0.717, 1.165) is 12.5 Å². The number of rotatable bonds is 6. The van der Waals surface area contributed by atoms with Crippen LogP contribution in [0.1, 0.15) is 31.7 Å². The van der Waals surface area contributed by atoms with Gasteiger partial charge >= 0.3 is 0 Å². The zero-order valence-electron chi connectivity index (χ0n) is 9.88. The van der Waals surface area contributed by atoms with Crippen LogP contribution in [0.25, 0.3) is 0 Å². The molecule has 0 aliphatic heterocycles. The van der Waals surface area contributed by atoms with E-state index < -0.39 is 11.6 Å². The molecule has 1 rings (SSSR count). The van der Waals surface area contributed by atoms with Crippen molar-refractivity contribution >= 4 is 5.78 Å². The summed E-state index contributed by atoms with van der Waals surface area (Å²) in [6.07, 6.45) is 1.98. The second kappa shape index (κ2) is 6.45. The summed E-state index contributed by atoms with van der Waals surface area (Å²) in [6.45, 7) is 1.88. The van der Waals surface area contributed by atoms with E-state index in [4.69, 9.17) is 5.73 Å². The van der Waals surface area contributed by atoms with Gasteiger partial charge in [0.05, 0.1) is 0 Å². The Bertz CT molecular complexity index is 371. The van der Waals surface area contributed by atoms with Crippen molar-refractivity contribution in [1.29, 1.82) is 0 Å². The van der Waals surface area contributed by atoms with E-state index in [1.165, 1.54) is 12.1 Å². The Morgan fingerprint density at radius 3 is 2.41 bits per heavy atom. The molecule has 0 radical (unpaired) electrons. The van der Waals surface area contributed by atoms with E-state index in [-0.39, 0.29) is 18.2 Å². The number of carbonyl (C=O) groups excluding carboxylic acids is 1. The minimum atomic E-state index is -0.650. The van der Waals surface area contributed by atoms with Crippen molar-refractivity contribution in [2.24, 2.45) is 5.73 Å². The molecule has 0 amide bonds. The van der Waals surface area contributed by atoms with Gasteiger partial charge in [0, 0.05) is 24.9 Å². The van der Waals surface area contributed by atoms with Gasteiger partial charge < -0.3 is 5.73 Å². The van der Waals surface area contributed by atoms with Gasteiger partial charge in [-0.05, 0) is 37.5 Å². The topological polar surface area (TPSA) is 43.1 Å². The number of benzene rings is 1. The Balaban J connectivity index is 2.45. The van der Waals surface area contributed by atoms with Crippen LogP contribution in [0.2, 0.25) is 0 Å². The summed E-state index contributed by atoms with van der Waals surface area (Å²) in [6, 6.07) is 3.25. The number of Topliss-reactive ketones (excluding diaryl/α,β-unsaturated/α-hetero) is 1. The molecule has 17 heavy (non-hydrogen) atoms. The molecule has 0 bridgehead atoms. The highest BCUT2D eigenvalue weighted by Crippen LogP contribution is 2.10. The monoisotopic (exact) mass is 241 g/mol. The average molecular weight is 241 g/mol. The van der Waals surface area contributed by atoms with E-state index >= 15 is 0 Å². The van der Waals surface area contributed by atoms with Crippen LogP contribution < -0.4 is 5.73 Å². The molecule has 2 nitrogen and oxygen atoms in total. The van der Waals surface area contributed by atoms with Crippen LogP contribution in [0, 0.1) is 11.6 Å². The van der Waals surface area contributed by atoms with Gasteiger partial charge in [0.15, 0.2) is 0 Å². The second-order valence-corrected chi connectivity index (χ2v) is 4.36. The number of hydrogen-bond donors (Lipinski definition) is 1. The summed E-state index contributed by atoms with van der Waals surface area (Å²) in [5.41, 5.74) is 5.94. The standard InChI is InChI=1S/C13H17F2NO/c1-9(16)3-2-4-13(17)7-10-5-11(14)8-12(15)6-10/h5-6,8-9H,2-4,7,16H2,1H3.